The lowest BCUT2D eigenvalue weighted by molar-refractivity contribution is 0.475. The lowest BCUT2D eigenvalue weighted by Gasteiger charge is -2.28. The number of pyridine rings is 1. The van der Waals surface area contributed by atoms with Crippen LogP contribution in [0.2, 0.25) is 0 Å². The minimum Gasteiger partial charge on any atom is -0.508 e. The zero-order valence-corrected chi connectivity index (χ0v) is 22.5. The van der Waals surface area contributed by atoms with Gasteiger partial charge < -0.3 is 24.8 Å². The number of hydrogen-bond acceptors (Lipinski definition) is 4. The summed E-state index contributed by atoms with van der Waals surface area (Å²) < 4.78 is 2.31. The number of thiocarbonyl (C=S) groups is 1. The van der Waals surface area contributed by atoms with Crippen molar-refractivity contribution < 1.29 is 5.11 Å². The molecule has 37 heavy (non-hydrogen) atoms. The smallest absolute Gasteiger partial charge is 0.174 e. The normalized spacial score (nSPS) is 17.2. The summed E-state index contributed by atoms with van der Waals surface area (Å²) in [4.78, 5) is 9.16. The Bertz CT molecular complexity index is 1380. The van der Waals surface area contributed by atoms with Crippen LogP contribution in [-0.4, -0.2) is 32.9 Å². The van der Waals surface area contributed by atoms with Crippen LogP contribution in [0.15, 0.2) is 79.0 Å². The molecule has 5 rings (SSSR count). The standard InChI is InChI=1S/C30H33N5OS/c1-5-33(6-2)22-10-12-23(13-11-22)34-20(3)19-26(21(34)4)29-28(27-9-7-8-18-31-27)32-30(37)35(29)24-14-16-25(36)17-15-24/h7-19,28-29,36H,5-6H2,1-4H3,(H,32,37). The highest BCUT2D eigenvalue weighted by Gasteiger charge is 2.42. The molecule has 1 aliphatic heterocycles. The van der Waals surface area contributed by atoms with Gasteiger partial charge in [0.2, 0.25) is 0 Å². The van der Waals surface area contributed by atoms with Gasteiger partial charge in [0.15, 0.2) is 5.11 Å². The first-order valence-electron chi connectivity index (χ1n) is 12.8. The molecule has 2 unspecified atom stereocenters. The maximum atomic E-state index is 9.89. The first-order valence-corrected chi connectivity index (χ1v) is 13.2. The summed E-state index contributed by atoms with van der Waals surface area (Å²) in [7, 11) is 0. The monoisotopic (exact) mass is 511 g/mol. The van der Waals surface area contributed by atoms with Crippen molar-refractivity contribution >= 4 is 28.7 Å². The van der Waals surface area contributed by atoms with Crippen molar-refractivity contribution in [3.63, 3.8) is 0 Å². The Kier molecular flexibility index (Phi) is 6.89. The SMILES string of the molecule is CCN(CC)c1ccc(-n2c(C)cc(C3C(c4ccccn4)NC(=S)N3c3ccc(O)cc3)c2C)cc1. The molecule has 1 saturated heterocycles. The van der Waals surface area contributed by atoms with Gasteiger partial charge in [-0.3, -0.25) is 4.98 Å². The van der Waals surface area contributed by atoms with E-state index >= 15 is 0 Å². The summed E-state index contributed by atoms with van der Waals surface area (Å²) in [6.07, 6.45) is 1.82. The zero-order chi connectivity index (χ0) is 26.1. The molecule has 7 heteroatoms. The molecule has 0 aliphatic carbocycles. The van der Waals surface area contributed by atoms with E-state index < -0.39 is 0 Å². The molecule has 0 bridgehead atoms. The Morgan fingerprint density at radius 3 is 2.24 bits per heavy atom. The van der Waals surface area contributed by atoms with Crippen molar-refractivity contribution in [3.8, 4) is 11.4 Å². The van der Waals surface area contributed by atoms with Gasteiger partial charge in [-0.2, -0.15) is 0 Å². The quantitative estimate of drug-likeness (QED) is 0.287. The molecule has 190 valence electrons. The molecule has 0 radical (unpaired) electrons. The van der Waals surface area contributed by atoms with Crippen molar-refractivity contribution in [3.05, 3.63) is 102 Å². The Labute approximate surface area is 224 Å². The Hall–Kier alpha value is -3.84. The third-order valence-electron chi connectivity index (χ3n) is 7.25. The van der Waals surface area contributed by atoms with Crippen molar-refractivity contribution in [1.29, 1.82) is 0 Å². The van der Waals surface area contributed by atoms with E-state index in [1.165, 1.54) is 11.3 Å². The highest BCUT2D eigenvalue weighted by Crippen LogP contribution is 2.44. The van der Waals surface area contributed by atoms with Crippen molar-refractivity contribution in [1.82, 2.24) is 14.9 Å². The van der Waals surface area contributed by atoms with Gasteiger partial charge in [0.1, 0.15) is 5.75 Å². The first kappa shape index (κ1) is 24.8. The molecule has 2 atom stereocenters. The van der Waals surface area contributed by atoms with E-state index in [2.05, 4.69) is 82.7 Å². The number of nitrogens with one attached hydrogen (secondary N) is 1. The second-order valence-electron chi connectivity index (χ2n) is 9.36. The van der Waals surface area contributed by atoms with Crippen molar-refractivity contribution in [2.45, 2.75) is 39.8 Å². The molecule has 3 heterocycles. The average molecular weight is 512 g/mol. The highest BCUT2D eigenvalue weighted by atomic mass is 32.1. The summed E-state index contributed by atoms with van der Waals surface area (Å²) in [5.41, 5.74) is 7.73. The van der Waals surface area contributed by atoms with Crippen molar-refractivity contribution in [2.75, 3.05) is 22.9 Å². The summed E-state index contributed by atoms with van der Waals surface area (Å²) in [6, 6.07) is 24.0. The van der Waals surface area contributed by atoms with E-state index in [0.29, 0.717) is 5.11 Å². The fourth-order valence-corrected chi connectivity index (χ4v) is 5.79. The predicted molar refractivity (Wildman–Crippen MR) is 155 cm³/mol. The molecule has 2 aromatic carbocycles. The van der Waals surface area contributed by atoms with Gasteiger partial charge in [0.25, 0.3) is 0 Å². The number of aromatic nitrogens is 2. The first-order chi connectivity index (χ1) is 17.9. The maximum absolute atomic E-state index is 9.89. The number of phenolic OH excluding ortho intramolecular Hbond substituents is 1. The third kappa shape index (κ3) is 4.55. The summed E-state index contributed by atoms with van der Waals surface area (Å²) in [6.45, 7) is 10.7. The van der Waals surface area contributed by atoms with Crippen LogP contribution in [0.1, 0.15) is 48.6 Å². The highest BCUT2D eigenvalue weighted by molar-refractivity contribution is 7.80. The Morgan fingerprint density at radius 2 is 1.62 bits per heavy atom. The van der Waals surface area contributed by atoms with Gasteiger partial charge >= 0.3 is 0 Å². The molecule has 2 aromatic heterocycles. The van der Waals surface area contributed by atoms with Gasteiger partial charge in [0, 0.05) is 47.7 Å². The van der Waals surface area contributed by atoms with Crippen molar-refractivity contribution in [2.24, 2.45) is 0 Å². The minimum atomic E-state index is -0.124. The summed E-state index contributed by atoms with van der Waals surface area (Å²) in [5, 5.41) is 14.1. The van der Waals surface area contributed by atoms with Crippen LogP contribution in [0.5, 0.6) is 5.75 Å². The number of aromatic hydroxyl groups is 1. The molecule has 6 nitrogen and oxygen atoms in total. The maximum Gasteiger partial charge on any atom is 0.174 e. The minimum absolute atomic E-state index is 0.109. The van der Waals surface area contributed by atoms with Crippen LogP contribution in [0.3, 0.4) is 0 Å². The molecule has 1 aliphatic rings. The lowest BCUT2D eigenvalue weighted by Crippen LogP contribution is -2.29. The molecule has 4 aromatic rings. The zero-order valence-electron chi connectivity index (χ0n) is 21.7. The fourth-order valence-electron chi connectivity index (χ4n) is 5.45. The largest absolute Gasteiger partial charge is 0.508 e. The van der Waals surface area contributed by atoms with Gasteiger partial charge in [-0.05, 0) is 112 Å². The second-order valence-corrected chi connectivity index (χ2v) is 9.75. The molecule has 0 amide bonds. The fraction of sp³-hybridized carbons (Fsp3) is 0.267. The molecule has 0 spiro atoms. The number of aryl methyl sites for hydroxylation is 1. The average Bonchev–Trinajstić information content (AvgIpc) is 3.41. The van der Waals surface area contributed by atoms with Gasteiger partial charge in [-0.1, -0.05) is 6.07 Å². The predicted octanol–water partition coefficient (Wildman–Crippen LogP) is 6.22. The lowest BCUT2D eigenvalue weighted by atomic mass is 9.96. The number of hydrogen-bond donors (Lipinski definition) is 2. The molecule has 1 fully saturated rings. The van der Waals surface area contributed by atoms with Crippen LogP contribution >= 0.6 is 12.2 Å². The molecule has 2 N–H and O–H groups in total. The number of rotatable bonds is 7. The van der Waals surface area contributed by atoms with E-state index in [4.69, 9.17) is 12.2 Å². The third-order valence-corrected chi connectivity index (χ3v) is 7.57. The molecular formula is C30H33N5OS. The molecule has 0 saturated carbocycles. The van der Waals surface area contributed by atoms with Crippen LogP contribution in [0.25, 0.3) is 5.69 Å². The van der Waals surface area contributed by atoms with Crippen LogP contribution in [0.4, 0.5) is 11.4 Å². The topological polar surface area (TPSA) is 56.6 Å². The number of phenols is 1. The van der Waals surface area contributed by atoms with E-state index in [9.17, 15) is 5.11 Å². The summed E-state index contributed by atoms with van der Waals surface area (Å²) in [5.74, 6) is 0.228. The van der Waals surface area contributed by atoms with Crippen LogP contribution in [-0.2, 0) is 0 Å². The second kappa shape index (κ2) is 10.3. The van der Waals surface area contributed by atoms with Gasteiger partial charge in [-0.15, -0.1) is 0 Å². The number of anilines is 2. The van der Waals surface area contributed by atoms with Gasteiger partial charge in [0.05, 0.1) is 17.8 Å². The van der Waals surface area contributed by atoms with Crippen LogP contribution < -0.4 is 15.1 Å². The van der Waals surface area contributed by atoms with E-state index in [1.54, 1.807) is 12.1 Å². The van der Waals surface area contributed by atoms with E-state index in [0.717, 1.165) is 41.5 Å². The summed E-state index contributed by atoms with van der Waals surface area (Å²) >= 11 is 5.86. The number of benzene rings is 2. The van der Waals surface area contributed by atoms with E-state index in [1.807, 2.05) is 36.5 Å². The number of nitrogens with zero attached hydrogens (tertiary/aromatic N) is 4. The molecular weight excluding hydrogens is 478 g/mol. The Balaban J connectivity index is 1.61. The van der Waals surface area contributed by atoms with E-state index in [-0.39, 0.29) is 17.8 Å². The Morgan fingerprint density at radius 1 is 0.946 bits per heavy atom. The van der Waals surface area contributed by atoms with Gasteiger partial charge in [-0.25, -0.2) is 0 Å². The van der Waals surface area contributed by atoms with Crippen LogP contribution in [0, 0.1) is 13.8 Å².